The minimum Gasteiger partial charge on any atom is -0.0683 e. The molecule has 258 valence electrons. The van der Waals surface area contributed by atoms with Crippen LogP contribution in [0.15, 0.2) is 176 Å². The first-order valence-corrected chi connectivity index (χ1v) is 19.2. The van der Waals surface area contributed by atoms with Crippen molar-refractivity contribution in [1.29, 1.82) is 0 Å². The molecular formula is C53H46. The zero-order valence-corrected chi connectivity index (χ0v) is 31.2. The second-order valence-electron chi connectivity index (χ2n) is 14.0. The Labute approximate surface area is 314 Å². The van der Waals surface area contributed by atoms with Crippen LogP contribution in [0.1, 0.15) is 72.6 Å². The van der Waals surface area contributed by atoms with Gasteiger partial charge in [-0.3, -0.25) is 0 Å². The van der Waals surface area contributed by atoms with Crippen LogP contribution in [0, 0.1) is 12.8 Å². The Hall–Kier alpha value is -5.98. The van der Waals surface area contributed by atoms with E-state index in [1.54, 1.807) is 0 Å². The van der Waals surface area contributed by atoms with E-state index in [4.69, 9.17) is 0 Å². The average molecular weight is 683 g/mol. The Morgan fingerprint density at radius 3 is 1.36 bits per heavy atom. The highest BCUT2D eigenvalue weighted by Crippen LogP contribution is 2.53. The van der Waals surface area contributed by atoms with Gasteiger partial charge in [-0.2, -0.15) is 0 Å². The van der Waals surface area contributed by atoms with Crippen molar-refractivity contribution in [3.05, 3.63) is 215 Å². The van der Waals surface area contributed by atoms with Gasteiger partial charge in [-0.15, -0.1) is 0 Å². The van der Waals surface area contributed by atoms with E-state index in [1.165, 1.54) is 106 Å². The molecule has 0 radical (unpaired) electrons. The highest BCUT2D eigenvalue weighted by Gasteiger charge is 2.34. The van der Waals surface area contributed by atoms with Crippen LogP contribution < -0.4 is 0 Å². The van der Waals surface area contributed by atoms with Crippen LogP contribution in [0.3, 0.4) is 0 Å². The summed E-state index contributed by atoms with van der Waals surface area (Å²) in [7, 11) is 0. The van der Waals surface area contributed by atoms with E-state index in [0.29, 0.717) is 5.92 Å². The van der Waals surface area contributed by atoms with Crippen LogP contribution in [-0.4, -0.2) is 0 Å². The predicted molar refractivity (Wildman–Crippen MR) is 231 cm³/mol. The summed E-state index contributed by atoms with van der Waals surface area (Å²) >= 11 is 0. The zero-order chi connectivity index (χ0) is 36.3. The number of rotatable bonds is 7. The van der Waals surface area contributed by atoms with Crippen molar-refractivity contribution in [3.8, 4) is 0 Å². The number of hydrogen-bond donors (Lipinski definition) is 0. The van der Waals surface area contributed by atoms with Crippen molar-refractivity contribution >= 4 is 54.6 Å². The monoisotopic (exact) mass is 682 g/mol. The van der Waals surface area contributed by atoms with Gasteiger partial charge in [0, 0.05) is 0 Å². The summed E-state index contributed by atoms with van der Waals surface area (Å²) in [5.41, 5.74) is 14.5. The van der Waals surface area contributed by atoms with Gasteiger partial charge in [-0.05, 0) is 138 Å². The molecule has 8 aromatic rings. The van der Waals surface area contributed by atoms with E-state index in [0.717, 1.165) is 0 Å². The molecule has 0 unspecified atom stereocenters. The summed E-state index contributed by atoms with van der Waals surface area (Å²) in [5.74, 6) is 0.490. The van der Waals surface area contributed by atoms with Gasteiger partial charge in [-0.1, -0.05) is 178 Å². The quantitative estimate of drug-likeness (QED) is 0.116. The maximum atomic E-state index is 2.48. The minimum atomic E-state index is 0.490. The van der Waals surface area contributed by atoms with Gasteiger partial charge < -0.3 is 0 Å². The fraction of sp³-hybridized carbons (Fsp3) is 0.132. The Balaban J connectivity index is 0.00000197. The van der Waals surface area contributed by atoms with Crippen LogP contribution in [0.2, 0.25) is 0 Å². The Bertz CT molecular complexity index is 2580. The van der Waals surface area contributed by atoms with Crippen molar-refractivity contribution in [2.24, 2.45) is 5.92 Å². The lowest BCUT2D eigenvalue weighted by Gasteiger charge is -2.25. The molecule has 0 heteroatoms. The molecule has 0 aliphatic heterocycles. The smallest absolute Gasteiger partial charge is 0.00574 e. The van der Waals surface area contributed by atoms with Gasteiger partial charge in [0.25, 0.3) is 0 Å². The summed E-state index contributed by atoms with van der Waals surface area (Å²) in [4.78, 5) is 0. The van der Waals surface area contributed by atoms with Crippen LogP contribution in [-0.2, 0) is 0 Å². The van der Waals surface area contributed by atoms with Crippen molar-refractivity contribution < 1.29 is 0 Å². The third kappa shape index (κ3) is 6.40. The van der Waals surface area contributed by atoms with E-state index in [1.807, 2.05) is 13.8 Å². The van der Waals surface area contributed by atoms with E-state index in [2.05, 4.69) is 190 Å². The summed E-state index contributed by atoms with van der Waals surface area (Å²) in [6, 6.07) is 64.9. The molecule has 0 amide bonds. The highest BCUT2D eigenvalue weighted by molar-refractivity contribution is 6.23. The van der Waals surface area contributed by atoms with Gasteiger partial charge in [0.2, 0.25) is 0 Å². The molecule has 0 saturated heterocycles. The Kier molecular flexibility index (Phi) is 9.62. The summed E-state index contributed by atoms with van der Waals surface area (Å²) < 4.78 is 0. The third-order valence-electron chi connectivity index (χ3n) is 10.8. The van der Waals surface area contributed by atoms with Gasteiger partial charge in [-0.25, -0.2) is 0 Å². The molecule has 8 aromatic carbocycles. The molecule has 1 aliphatic rings. The first-order chi connectivity index (χ1) is 26.2. The fourth-order valence-corrected chi connectivity index (χ4v) is 8.31. The molecule has 0 bridgehead atoms. The van der Waals surface area contributed by atoms with Gasteiger partial charge in [0.1, 0.15) is 0 Å². The molecule has 9 rings (SSSR count). The molecule has 0 aromatic heterocycles. The Morgan fingerprint density at radius 2 is 0.849 bits per heavy atom. The topological polar surface area (TPSA) is 0 Å². The average Bonchev–Trinajstić information content (AvgIpc) is 4.07. The molecule has 53 heavy (non-hydrogen) atoms. The lowest BCUT2D eigenvalue weighted by molar-refractivity contribution is 1.15. The number of aryl methyl sites for hydroxylation is 1. The molecule has 1 aliphatic carbocycles. The number of fused-ring (bicyclic) bond motifs is 3. The maximum Gasteiger partial charge on any atom is -0.00574 e. The van der Waals surface area contributed by atoms with Crippen molar-refractivity contribution in [2.75, 3.05) is 0 Å². The summed E-state index contributed by atoms with van der Waals surface area (Å²) in [6.07, 6.45) is 2.40. The van der Waals surface area contributed by atoms with Crippen molar-refractivity contribution in [2.45, 2.75) is 40.5 Å². The number of allylic oxidation sites excluding steroid dienone is 2. The van der Waals surface area contributed by atoms with Crippen LogP contribution in [0.4, 0.5) is 0 Å². The zero-order valence-electron chi connectivity index (χ0n) is 31.2. The molecule has 0 atom stereocenters. The molecule has 0 nitrogen and oxygen atoms in total. The van der Waals surface area contributed by atoms with Crippen LogP contribution >= 0.6 is 0 Å². The number of benzene rings is 8. The van der Waals surface area contributed by atoms with Crippen LogP contribution in [0.25, 0.3) is 54.6 Å². The maximum absolute atomic E-state index is 2.48. The van der Waals surface area contributed by atoms with Crippen molar-refractivity contribution in [1.82, 2.24) is 0 Å². The van der Waals surface area contributed by atoms with Crippen LogP contribution in [0.5, 0.6) is 0 Å². The highest BCUT2D eigenvalue weighted by atomic mass is 14.4. The molecule has 0 heterocycles. The Morgan fingerprint density at radius 1 is 0.434 bits per heavy atom. The second-order valence-corrected chi connectivity index (χ2v) is 14.0. The minimum absolute atomic E-state index is 0.490. The van der Waals surface area contributed by atoms with Gasteiger partial charge in [0.05, 0.1) is 0 Å². The lowest BCUT2D eigenvalue weighted by Crippen LogP contribution is -2.03. The van der Waals surface area contributed by atoms with Gasteiger partial charge in [0.15, 0.2) is 0 Å². The molecule has 1 saturated carbocycles. The predicted octanol–water partition coefficient (Wildman–Crippen LogP) is 14.8. The van der Waals surface area contributed by atoms with Gasteiger partial charge >= 0.3 is 0 Å². The first kappa shape index (κ1) is 34.1. The SMILES string of the molecule is CC.CC(=C(c1ccccc1)c1ccccc1)c1c2ccccc2c(/C(=C(\c2ccccc2)c2ccccc2C)C2CC2)c2cc3ccccc3cc12. The summed E-state index contributed by atoms with van der Waals surface area (Å²) in [5, 5.41) is 7.78. The number of hydrogen-bond acceptors (Lipinski definition) is 0. The van der Waals surface area contributed by atoms with E-state index in [-0.39, 0.29) is 0 Å². The molecule has 0 N–H and O–H groups in total. The van der Waals surface area contributed by atoms with E-state index >= 15 is 0 Å². The summed E-state index contributed by atoms with van der Waals surface area (Å²) in [6.45, 7) is 8.60. The lowest BCUT2D eigenvalue weighted by atomic mass is 9.78. The second kappa shape index (κ2) is 14.9. The largest absolute Gasteiger partial charge is 0.0683 e. The van der Waals surface area contributed by atoms with E-state index < -0.39 is 0 Å². The fourth-order valence-electron chi connectivity index (χ4n) is 8.31. The first-order valence-electron chi connectivity index (χ1n) is 19.2. The van der Waals surface area contributed by atoms with E-state index in [9.17, 15) is 0 Å². The third-order valence-corrected chi connectivity index (χ3v) is 10.8. The molecule has 1 fully saturated rings. The normalized spacial score (nSPS) is 13.0. The van der Waals surface area contributed by atoms with Crippen molar-refractivity contribution in [3.63, 3.8) is 0 Å². The standard InChI is InChI=1S/C51H40.C2H6/c1-34-18-12-15-27-42(34)49(38-23-10-5-11-24-38)50(39-30-31-39)51-44-29-17-16-28-43(44)48(45-32-40-25-13-14-26-41(40)33-46(45)51)35(2)47(36-19-6-3-7-20-36)37-21-8-4-9-22-37;1-2/h3-29,32-33,39H,30-31H2,1-2H3;1-2H3/b50-49+;. The molecular weight excluding hydrogens is 637 g/mol. The molecule has 0 spiro atoms.